The topological polar surface area (TPSA) is 71.3 Å². The van der Waals surface area contributed by atoms with Crippen molar-refractivity contribution >= 4 is 28.4 Å². The van der Waals surface area contributed by atoms with Gasteiger partial charge in [-0.25, -0.2) is 4.98 Å². The van der Waals surface area contributed by atoms with Crippen molar-refractivity contribution in [3.63, 3.8) is 0 Å². The standard InChI is InChI=1S/C23H22N4O2/c1-3-27(4-2)19-10-7-16(8-11-19)23-26-20-14-18(9-12-21(20)29-23)25-22(28)17-6-5-13-24-15-17/h5-15H,3-4H2,1-2H3,(H,25,28). The van der Waals surface area contributed by atoms with E-state index in [2.05, 4.69) is 46.2 Å². The fourth-order valence-electron chi connectivity index (χ4n) is 3.23. The van der Waals surface area contributed by atoms with Gasteiger partial charge in [0.05, 0.1) is 5.56 Å². The van der Waals surface area contributed by atoms with Crippen molar-refractivity contribution in [1.29, 1.82) is 0 Å². The van der Waals surface area contributed by atoms with Crippen molar-refractivity contribution in [3.8, 4) is 11.5 Å². The van der Waals surface area contributed by atoms with Crippen LogP contribution in [-0.4, -0.2) is 29.0 Å². The van der Waals surface area contributed by atoms with Crippen LogP contribution in [0.25, 0.3) is 22.6 Å². The Morgan fingerprint density at radius 2 is 1.86 bits per heavy atom. The molecule has 1 N–H and O–H groups in total. The SMILES string of the molecule is CCN(CC)c1ccc(-c2nc3cc(NC(=O)c4cccnc4)ccc3o2)cc1. The Bertz CT molecular complexity index is 1120. The molecule has 29 heavy (non-hydrogen) atoms. The van der Waals surface area contributed by atoms with Gasteiger partial charge in [-0.15, -0.1) is 0 Å². The minimum atomic E-state index is -0.215. The van der Waals surface area contributed by atoms with E-state index in [4.69, 9.17) is 4.42 Å². The Labute approximate surface area is 169 Å². The van der Waals surface area contributed by atoms with E-state index < -0.39 is 0 Å². The summed E-state index contributed by atoms with van der Waals surface area (Å²) >= 11 is 0. The van der Waals surface area contributed by atoms with Crippen LogP contribution in [0.15, 0.2) is 71.4 Å². The summed E-state index contributed by atoms with van der Waals surface area (Å²) < 4.78 is 5.90. The molecule has 6 heteroatoms. The molecule has 0 aliphatic heterocycles. The average molecular weight is 386 g/mol. The normalized spacial score (nSPS) is 10.8. The molecule has 0 bridgehead atoms. The number of oxazole rings is 1. The van der Waals surface area contributed by atoms with Gasteiger partial charge in [0.1, 0.15) is 5.52 Å². The molecule has 0 aliphatic carbocycles. The number of hydrogen-bond donors (Lipinski definition) is 1. The highest BCUT2D eigenvalue weighted by Crippen LogP contribution is 2.28. The Kier molecular flexibility index (Phi) is 5.24. The Morgan fingerprint density at radius 1 is 1.07 bits per heavy atom. The zero-order valence-electron chi connectivity index (χ0n) is 16.4. The van der Waals surface area contributed by atoms with E-state index in [1.54, 1.807) is 30.5 Å². The maximum absolute atomic E-state index is 12.3. The van der Waals surface area contributed by atoms with E-state index in [0.29, 0.717) is 28.2 Å². The lowest BCUT2D eigenvalue weighted by atomic mass is 10.2. The van der Waals surface area contributed by atoms with Gasteiger partial charge >= 0.3 is 0 Å². The molecule has 2 heterocycles. The molecule has 0 fully saturated rings. The van der Waals surface area contributed by atoms with Crippen LogP contribution < -0.4 is 10.2 Å². The highest BCUT2D eigenvalue weighted by Gasteiger charge is 2.11. The lowest BCUT2D eigenvalue weighted by Gasteiger charge is -2.20. The smallest absolute Gasteiger partial charge is 0.257 e. The number of carbonyl (C=O) groups is 1. The Morgan fingerprint density at radius 3 is 2.55 bits per heavy atom. The molecule has 0 saturated heterocycles. The molecule has 0 unspecified atom stereocenters. The second-order valence-corrected chi connectivity index (χ2v) is 6.62. The molecular weight excluding hydrogens is 364 g/mol. The lowest BCUT2D eigenvalue weighted by molar-refractivity contribution is 0.102. The Balaban J connectivity index is 1.56. The largest absolute Gasteiger partial charge is 0.436 e. The highest BCUT2D eigenvalue weighted by atomic mass is 16.3. The summed E-state index contributed by atoms with van der Waals surface area (Å²) in [5, 5.41) is 2.87. The summed E-state index contributed by atoms with van der Waals surface area (Å²) in [6.45, 7) is 6.21. The zero-order valence-corrected chi connectivity index (χ0v) is 16.4. The summed E-state index contributed by atoms with van der Waals surface area (Å²) in [6.07, 6.45) is 3.16. The number of aromatic nitrogens is 2. The van der Waals surface area contributed by atoms with E-state index in [0.717, 1.165) is 18.7 Å². The van der Waals surface area contributed by atoms with Crippen molar-refractivity contribution < 1.29 is 9.21 Å². The minimum absolute atomic E-state index is 0.215. The van der Waals surface area contributed by atoms with Crippen LogP contribution in [0, 0.1) is 0 Å². The van der Waals surface area contributed by atoms with Crippen LogP contribution in [0.5, 0.6) is 0 Å². The number of amides is 1. The molecule has 6 nitrogen and oxygen atoms in total. The maximum atomic E-state index is 12.3. The van der Waals surface area contributed by atoms with Gasteiger partial charge in [0.2, 0.25) is 5.89 Å². The van der Waals surface area contributed by atoms with E-state index in [-0.39, 0.29) is 5.91 Å². The molecule has 4 aromatic rings. The zero-order chi connectivity index (χ0) is 20.2. The first-order valence-electron chi connectivity index (χ1n) is 9.65. The third-order valence-electron chi connectivity index (χ3n) is 4.81. The summed E-state index contributed by atoms with van der Waals surface area (Å²) in [5.74, 6) is 0.343. The maximum Gasteiger partial charge on any atom is 0.257 e. The van der Waals surface area contributed by atoms with Crippen LogP contribution >= 0.6 is 0 Å². The monoisotopic (exact) mass is 386 g/mol. The second kappa shape index (κ2) is 8.14. The number of carbonyl (C=O) groups excluding carboxylic acids is 1. The van der Waals surface area contributed by atoms with Gasteiger partial charge in [-0.1, -0.05) is 0 Å². The first-order chi connectivity index (χ1) is 14.2. The number of nitrogens with one attached hydrogen (secondary N) is 1. The Hall–Kier alpha value is -3.67. The van der Waals surface area contributed by atoms with Gasteiger partial charge < -0.3 is 14.6 Å². The number of nitrogens with zero attached hydrogens (tertiary/aromatic N) is 3. The first-order valence-corrected chi connectivity index (χ1v) is 9.65. The van der Waals surface area contributed by atoms with Crippen LogP contribution in [0.2, 0.25) is 0 Å². The summed E-state index contributed by atoms with van der Waals surface area (Å²) in [4.78, 5) is 23.2. The number of fused-ring (bicyclic) bond motifs is 1. The summed E-state index contributed by atoms with van der Waals surface area (Å²) in [5.41, 5.74) is 4.61. The molecule has 146 valence electrons. The number of hydrogen-bond acceptors (Lipinski definition) is 5. The second-order valence-electron chi connectivity index (χ2n) is 6.62. The van der Waals surface area contributed by atoms with Crippen molar-refractivity contribution in [1.82, 2.24) is 9.97 Å². The molecule has 0 saturated carbocycles. The van der Waals surface area contributed by atoms with Crippen LogP contribution in [0.3, 0.4) is 0 Å². The molecule has 1 amide bonds. The molecule has 0 aliphatic rings. The molecule has 4 rings (SSSR count). The number of pyridine rings is 1. The molecule has 2 aromatic carbocycles. The van der Waals surface area contributed by atoms with Gasteiger partial charge in [0.15, 0.2) is 5.58 Å². The predicted octanol–water partition coefficient (Wildman–Crippen LogP) is 4.99. The van der Waals surface area contributed by atoms with Crippen LogP contribution in [-0.2, 0) is 0 Å². The van der Waals surface area contributed by atoms with Crippen molar-refractivity contribution in [2.75, 3.05) is 23.3 Å². The fraction of sp³-hybridized carbons (Fsp3) is 0.174. The third kappa shape index (κ3) is 3.96. The molecule has 0 atom stereocenters. The average Bonchev–Trinajstić information content (AvgIpc) is 3.19. The number of benzene rings is 2. The third-order valence-corrected chi connectivity index (χ3v) is 4.81. The van der Waals surface area contributed by atoms with Crippen molar-refractivity contribution in [3.05, 3.63) is 72.6 Å². The summed E-state index contributed by atoms with van der Waals surface area (Å²) in [6, 6.07) is 17.1. The van der Waals surface area contributed by atoms with E-state index in [1.807, 2.05) is 18.2 Å². The van der Waals surface area contributed by atoms with Gasteiger partial charge in [-0.05, 0) is 68.4 Å². The predicted molar refractivity (Wildman–Crippen MR) is 115 cm³/mol. The molecule has 0 radical (unpaired) electrons. The van der Waals surface area contributed by atoms with Crippen molar-refractivity contribution in [2.24, 2.45) is 0 Å². The van der Waals surface area contributed by atoms with E-state index >= 15 is 0 Å². The minimum Gasteiger partial charge on any atom is -0.436 e. The highest BCUT2D eigenvalue weighted by molar-refractivity contribution is 6.04. The fourth-order valence-corrected chi connectivity index (χ4v) is 3.23. The van der Waals surface area contributed by atoms with E-state index in [1.165, 1.54) is 11.9 Å². The van der Waals surface area contributed by atoms with Crippen LogP contribution in [0.4, 0.5) is 11.4 Å². The van der Waals surface area contributed by atoms with Gasteiger partial charge in [0, 0.05) is 42.4 Å². The lowest BCUT2D eigenvalue weighted by Crippen LogP contribution is -2.21. The van der Waals surface area contributed by atoms with Crippen LogP contribution in [0.1, 0.15) is 24.2 Å². The van der Waals surface area contributed by atoms with Gasteiger partial charge in [0.25, 0.3) is 5.91 Å². The summed E-state index contributed by atoms with van der Waals surface area (Å²) in [7, 11) is 0. The molecular formula is C23H22N4O2. The molecule has 2 aromatic heterocycles. The van der Waals surface area contributed by atoms with E-state index in [9.17, 15) is 4.79 Å². The van der Waals surface area contributed by atoms with Gasteiger partial charge in [-0.3, -0.25) is 9.78 Å². The quantitative estimate of drug-likeness (QED) is 0.505. The van der Waals surface area contributed by atoms with Gasteiger partial charge in [-0.2, -0.15) is 0 Å². The number of anilines is 2. The molecule has 0 spiro atoms. The van der Waals surface area contributed by atoms with Crippen molar-refractivity contribution in [2.45, 2.75) is 13.8 Å². The first kappa shape index (κ1) is 18.7. The number of rotatable bonds is 6.